The molecule has 0 radical (unpaired) electrons. The Hall–Kier alpha value is -6.15. The van der Waals surface area contributed by atoms with Crippen molar-refractivity contribution in [3.05, 3.63) is 120 Å². The molecule has 0 saturated carbocycles. The molecule has 2 aliphatic heterocycles. The highest BCUT2D eigenvalue weighted by atomic mass is 32.2. The molecule has 1 amide bonds. The van der Waals surface area contributed by atoms with E-state index in [0.717, 1.165) is 43.8 Å². The number of aromatic nitrogens is 2. The highest BCUT2D eigenvalue weighted by Crippen LogP contribution is 2.41. The van der Waals surface area contributed by atoms with Crippen molar-refractivity contribution >= 4 is 28.3 Å². The van der Waals surface area contributed by atoms with E-state index in [1.165, 1.54) is 53.4 Å². The maximum absolute atomic E-state index is 12.9. The van der Waals surface area contributed by atoms with Gasteiger partial charge in [-0.25, -0.2) is 17.2 Å². The van der Waals surface area contributed by atoms with Crippen LogP contribution >= 0.6 is 0 Å². The normalized spacial score (nSPS) is 15.4. The van der Waals surface area contributed by atoms with Gasteiger partial charge in [0.1, 0.15) is 5.75 Å². The van der Waals surface area contributed by atoms with E-state index in [1.54, 1.807) is 29.1 Å². The lowest BCUT2D eigenvalue weighted by atomic mass is 10.2. The van der Waals surface area contributed by atoms with Gasteiger partial charge in [-0.05, 0) is 73.6 Å². The number of hydrogen-bond acceptors (Lipinski definition) is 9. The molecule has 4 heterocycles. The van der Waals surface area contributed by atoms with Crippen molar-refractivity contribution < 1.29 is 67.7 Å². The number of fused-ring (bicyclic) bond motifs is 1. The lowest BCUT2D eigenvalue weighted by Crippen LogP contribution is -2.39. The third-order valence-electron chi connectivity index (χ3n) is 7.82. The Balaban J connectivity index is 0.000000161. The van der Waals surface area contributed by atoms with Crippen LogP contribution < -0.4 is 24.8 Å². The number of nitrogens with one attached hydrogen (secondary N) is 2. The summed E-state index contributed by atoms with van der Waals surface area (Å²) in [5.74, 6) is -2.11. The molecule has 1 saturated heterocycles. The Labute approximate surface area is 313 Å². The number of nitrogens with zero attached hydrogens (tertiary/aromatic N) is 2. The van der Waals surface area contributed by atoms with Gasteiger partial charge < -0.3 is 34.0 Å². The fourth-order valence-electron chi connectivity index (χ4n) is 5.08. The molecule has 1 atom stereocenters. The third-order valence-corrected chi connectivity index (χ3v) is 9.33. The highest BCUT2D eigenvalue weighted by molar-refractivity contribution is 7.92. The third kappa shape index (κ3) is 10.3. The molecule has 1 fully saturated rings. The largest absolute Gasteiger partial charge is 0.586 e. The van der Waals surface area contributed by atoms with Gasteiger partial charge in [0, 0.05) is 72.0 Å². The van der Waals surface area contributed by atoms with Gasteiger partial charge in [0.25, 0.3) is 15.7 Å². The van der Waals surface area contributed by atoms with Crippen LogP contribution in [0.5, 0.6) is 17.2 Å². The SMILES string of the molecule is O=C(COc1ccc(F)c(F)c1)NC1CCNC1.O=Cc1ccn(-c2ccc(S(=O)(=O)C(F)(F)F)cc2)c1.O=Cc1ccn(-c2ccc3c(c2)OC(F)(F)O3)c1. The van der Waals surface area contributed by atoms with Gasteiger partial charge >= 0.3 is 11.8 Å². The summed E-state index contributed by atoms with van der Waals surface area (Å²) in [5.41, 5.74) is -3.38. The summed E-state index contributed by atoms with van der Waals surface area (Å²) >= 11 is 0. The Bertz CT molecular complexity index is 2290. The highest BCUT2D eigenvalue weighted by Gasteiger charge is 2.47. The van der Waals surface area contributed by atoms with Crippen molar-refractivity contribution in [3.8, 4) is 28.6 Å². The summed E-state index contributed by atoms with van der Waals surface area (Å²) in [4.78, 5) is 31.8. The zero-order chi connectivity index (χ0) is 40.7. The Kier molecular flexibility index (Phi) is 12.5. The van der Waals surface area contributed by atoms with E-state index in [0.29, 0.717) is 35.1 Å². The first-order valence-electron chi connectivity index (χ1n) is 16.1. The number of aldehydes is 2. The first-order valence-corrected chi connectivity index (χ1v) is 17.6. The lowest BCUT2D eigenvalue weighted by Gasteiger charge is -2.12. The number of alkyl halides is 5. The van der Waals surface area contributed by atoms with Crippen molar-refractivity contribution in [2.75, 3.05) is 19.7 Å². The second-order valence-electron chi connectivity index (χ2n) is 11.8. The number of carbonyl (C=O) groups is 3. The molecular weight excluding hydrogens is 781 g/mol. The summed E-state index contributed by atoms with van der Waals surface area (Å²) < 4.78 is 127. The average Bonchev–Trinajstić information content (AvgIpc) is 3.99. The fraction of sp³-hybridized carbons (Fsp3) is 0.194. The quantitative estimate of drug-likeness (QED) is 0.135. The van der Waals surface area contributed by atoms with E-state index in [1.807, 2.05) is 0 Å². The van der Waals surface area contributed by atoms with E-state index in [4.69, 9.17) is 4.74 Å². The number of halogens is 7. The van der Waals surface area contributed by atoms with Crippen LogP contribution in [0.25, 0.3) is 11.4 Å². The van der Waals surface area contributed by atoms with Crippen LogP contribution in [-0.4, -0.2) is 73.6 Å². The molecule has 3 aromatic carbocycles. The van der Waals surface area contributed by atoms with Crippen LogP contribution in [0.15, 0.2) is 102 Å². The van der Waals surface area contributed by atoms with Crippen LogP contribution in [0.4, 0.5) is 30.7 Å². The number of ether oxygens (including phenoxy) is 3. The molecule has 2 N–H and O–H groups in total. The van der Waals surface area contributed by atoms with Gasteiger partial charge in [-0.2, -0.15) is 13.2 Å². The summed E-state index contributed by atoms with van der Waals surface area (Å²) in [5, 5.41) is 5.90. The van der Waals surface area contributed by atoms with Crippen molar-refractivity contribution in [2.45, 2.75) is 29.2 Å². The summed E-state index contributed by atoms with van der Waals surface area (Å²) in [6.07, 6.45) is 4.85. The van der Waals surface area contributed by atoms with E-state index >= 15 is 0 Å². The van der Waals surface area contributed by atoms with Crippen molar-refractivity contribution in [1.29, 1.82) is 0 Å². The molecule has 0 aliphatic carbocycles. The molecule has 296 valence electrons. The lowest BCUT2D eigenvalue weighted by molar-refractivity contribution is -0.286. The van der Waals surface area contributed by atoms with Gasteiger partial charge in [-0.3, -0.25) is 14.4 Å². The van der Waals surface area contributed by atoms with Gasteiger partial charge in [-0.15, -0.1) is 8.78 Å². The van der Waals surface area contributed by atoms with Crippen molar-refractivity contribution in [3.63, 3.8) is 0 Å². The average molecular weight is 811 g/mol. The van der Waals surface area contributed by atoms with Crippen molar-refractivity contribution in [1.82, 2.24) is 19.8 Å². The van der Waals surface area contributed by atoms with Gasteiger partial charge in [-0.1, -0.05) is 0 Å². The number of carbonyl (C=O) groups excluding carboxylic acids is 3. The predicted octanol–water partition coefficient (Wildman–Crippen LogP) is 6.02. The summed E-state index contributed by atoms with van der Waals surface area (Å²) in [6.45, 7) is 1.42. The molecule has 0 spiro atoms. The Morgan fingerprint density at radius 3 is 2.02 bits per heavy atom. The van der Waals surface area contributed by atoms with Crippen LogP contribution in [0.3, 0.4) is 0 Å². The van der Waals surface area contributed by atoms with Crippen LogP contribution in [0, 0.1) is 11.6 Å². The Morgan fingerprint density at radius 2 is 1.46 bits per heavy atom. The predicted molar refractivity (Wildman–Crippen MR) is 183 cm³/mol. The molecule has 0 bridgehead atoms. The minimum atomic E-state index is -5.34. The molecule has 56 heavy (non-hydrogen) atoms. The number of amides is 1. The van der Waals surface area contributed by atoms with Crippen LogP contribution in [0.2, 0.25) is 0 Å². The number of sulfone groups is 1. The molecule has 20 heteroatoms. The maximum atomic E-state index is 12.9. The molecular formula is C36H29F7N4O8S. The monoisotopic (exact) mass is 810 g/mol. The van der Waals surface area contributed by atoms with Gasteiger partial charge in [0.15, 0.2) is 42.3 Å². The minimum Gasteiger partial charge on any atom is -0.484 e. The second kappa shape index (κ2) is 17.1. The van der Waals surface area contributed by atoms with E-state index < -0.39 is 38.2 Å². The molecule has 1 unspecified atom stereocenters. The first kappa shape index (κ1) is 41.0. The smallest absolute Gasteiger partial charge is 0.484 e. The van der Waals surface area contributed by atoms with Crippen molar-refractivity contribution in [2.24, 2.45) is 0 Å². The van der Waals surface area contributed by atoms with Gasteiger partial charge in [0.05, 0.1) is 4.90 Å². The van der Waals surface area contributed by atoms with Crippen LogP contribution in [0.1, 0.15) is 27.1 Å². The summed E-state index contributed by atoms with van der Waals surface area (Å²) in [6, 6.07) is 15.0. The van der Waals surface area contributed by atoms with E-state index in [9.17, 15) is 53.5 Å². The molecule has 7 rings (SSSR count). The molecule has 2 aromatic heterocycles. The second-order valence-corrected chi connectivity index (χ2v) is 13.7. The standard InChI is InChI=1S/C12H8F3NO3S.C12H14F2N2O2.C12H7F2NO3/c13-12(14,15)20(18,19)11-3-1-10(2-4-11)16-6-5-9(7-16)8-17;13-10-2-1-9(5-11(10)14)18-7-12(17)16-8-3-4-15-6-8;13-12(14)17-10-2-1-9(5-11(10)18-12)15-4-3-8(6-15)7-16/h1-8H;1-2,5,8,15H,3-4,6-7H2,(H,16,17);1-7H. The number of benzene rings is 3. The Morgan fingerprint density at radius 1 is 0.857 bits per heavy atom. The van der Waals surface area contributed by atoms with Crippen LogP contribution in [-0.2, 0) is 14.6 Å². The van der Waals surface area contributed by atoms with E-state index in [2.05, 4.69) is 20.1 Å². The zero-order valence-electron chi connectivity index (χ0n) is 28.5. The molecule has 5 aromatic rings. The minimum absolute atomic E-state index is 0.00785. The maximum Gasteiger partial charge on any atom is 0.586 e. The molecule has 2 aliphatic rings. The number of hydrogen-bond donors (Lipinski definition) is 2. The van der Waals surface area contributed by atoms with E-state index in [-0.39, 0.29) is 35.8 Å². The van der Waals surface area contributed by atoms with Gasteiger partial charge in [0.2, 0.25) is 0 Å². The zero-order valence-corrected chi connectivity index (χ0v) is 29.3. The first-order chi connectivity index (χ1) is 26.5. The topological polar surface area (TPSA) is 147 Å². The fourth-order valence-corrected chi connectivity index (χ4v) is 5.84. The number of rotatable bonds is 9. The molecule has 12 nitrogen and oxygen atoms in total. The summed E-state index contributed by atoms with van der Waals surface area (Å²) in [7, 11) is -5.34.